The molecule has 0 N–H and O–H groups in total. The smallest absolute Gasteiger partial charge is 0.118 e. The molecule has 0 aromatic heterocycles. The first-order valence-electron chi connectivity index (χ1n) is 6.28. The number of aryl methyl sites for hydroxylation is 2. The molecule has 0 unspecified atom stereocenters. The first kappa shape index (κ1) is 11.7. The van der Waals surface area contributed by atoms with Crippen LogP contribution in [0.1, 0.15) is 16.7 Å². The van der Waals surface area contributed by atoms with Crippen molar-refractivity contribution in [3.63, 3.8) is 0 Å². The third-order valence-corrected chi connectivity index (χ3v) is 4.42. The highest BCUT2D eigenvalue weighted by molar-refractivity contribution is 5.43. The third kappa shape index (κ3) is 1.31. The molecule has 0 radical (unpaired) electrons. The van der Waals surface area contributed by atoms with Crippen molar-refractivity contribution in [1.82, 2.24) is 0 Å². The van der Waals surface area contributed by atoms with Gasteiger partial charge in [0.1, 0.15) is 5.41 Å². The predicted molar refractivity (Wildman–Crippen MR) is 67.3 cm³/mol. The van der Waals surface area contributed by atoms with Crippen LogP contribution in [0.4, 0.5) is 0 Å². The Hall–Kier alpha value is -1.37. The molecule has 0 spiro atoms. The van der Waals surface area contributed by atoms with Crippen molar-refractivity contribution in [2.75, 3.05) is 26.4 Å². The van der Waals surface area contributed by atoms with E-state index in [-0.39, 0.29) is 5.41 Å². The number of rotatable bonds is 2. The van der Waals surface area contributed by atoms with Gasteiger partial charge in [-0.15, -0.1) is 0 Å². The lowest BCUT2D eigenvalue weighted by atomic mass is 9.57. The average Bonchev–Trinajstić information content (AvgIpc) is 2.22. The molecule has 94 valence electrons. The number of nitrogens with zero attached hydrogens (tertiary/aromatic N) is 1. The van der Waals surface area contributed by atoms with Crippen LogP contribution in [-0.2, 0) is 14.9 Å². The van der Waals surface area contributed by atoms with Crippen LogP contribution in [0.3, 0.4) is 0 Å². The van der Waals surface area contributed by atoms with E-state index >= 15 is 0 Å². The van der Waals surface area contributed by atoms with Crippen molar-refractivity contribution >= 4 is 0 Å². The second-order valence-corrected chi connectivity index (χ2v) is 5.58. The van der Waals surface area contributed by atoms with Gasteiger partial charge in [0.2, 0.25) is 0 Å². The van der Waals surface area contributed by atoms with E-state index in [1.54, 1.807) is 0 Å². The van der Waals surface area contributed by atoms with E-state index in [4.69, 9.17) is 9.47 Å². The highest BCUT2D eigenvalue weighted by Crippen LogP contribution is 2.52. The summed E-state index contributed by atoms with van der Waals surface area (Å²) in [6.45, 7) is 6.53. The molecule has 0 bridgehead atoms. The largest absolute Gasteiger partial charge is 0.379 e. The van der Waals surface area contributed by atoms with Gasteiger partial charge in [-0.05, 0) is 25.0 Å². The molecule has 2 aliphatic heterocycles. The maximum Gasteiger partial charge on any atom is 0.118 e. The number of hydrogen-bond donors (Lipinski definition) is 0. The number of ether oxygens (including phenoxy) is 2. The van der Waals surface area contributed by atoms with Crippen molar-refractivity contribution < 1.29 is 9.47 Å². The fourth-order valence-electron chi connectivity index (χ4n) is 3.10. The summed E-state index contributed by atoms with van der Waals surface area (Å²) in [4.78, 5) is 0. The molecule has 2 saturated heterocycles. The third-order valence-electron chi connectivity index (χ3n) is 4.42. The van der Waals surface area contributed by atoms with Crippen LogP contribution in [0.15, 0.2) is 18.2 Å². The molecule has 2 heterocycles. The second-order valence-electron chi connectivity index (χ2n) is 5.58. The van der Waals surface area contributed by atoms with Gasteiger partial charge < -0.3 is 9.47 Å². The molecular formula is C15H17NO2. The highest BCUT2D eigenvalue weighted by atomic mass is 16.5. The molecule has 1 aromatic rings. The Labute approximate surface area is 107 Å². The maximum absolute atomic E-state index is 9.56. The van der Waals surface area contributed by atoms with E-state index in [0.29, 0.717) is 26.4 Å². The number of hydrogen-bond acceptors (Lipinski definition) is 3. The lowest BCUT2D eigenvalue weighted by molar-refractivity contribution is -0.201. The van der Waals surface area contributed by atoms with Crippen molar-refractivity contribution in [1.29, 1.82) is 5.26 Å². The fraction of sp³-hybridized carbons (Fsp3) is 0.533. The van der Waals surface area contributed by atoms with E-state index in [9.17, 15) is 5.26 Å². The molecular weight excluding hydrogens is 226 g/mol. The Morgan fingerprint density at radius 3 is 2.17 bits per heavy atom. The summed E-state index contributed by atoms with van der Waals surface area (Å²) < 4.78 is 10.8. The van der Waals surface area contributed by atoms with Crippen LogP contribution in [0.25, 0.3) is 0 Å². The van der Waals surface area contributed by atoms with Crippen LogP contribution in [0.2, 0.25) is 0 Å². The van der Waals surface area contributed by atoms with Crippen LogP contribution < -0.4 is 0 Å². The van der Waals surface area contributed by atoms with E-state index in [0.717, 1.165) is 0 Å². The standard InChI is InChI=1S/C15H17NO2/c1-11-3-4-13(12(2)5-11)15(9-18-10-15)14(6-16)7-17-8-14/h3-5H,7-10H2,1-2H3. The minimum absolute atomic E-state index is 0.169. The molecule has 18 heavy (non-hydrogen) atoms. The first-order valence-corrected chi connectivity index (χ1v) is 6.28. The topological polar surface area (TPSA) is 42.2 Å². The number of benzene rings is 1. The van der Waals surface area contributed by atoms with Crippen molar-refractivity contribution in [3.05, 3.63) is 34.9 Å². The van der Waals surface area contributed by atoms with E-state index in [1.807, 2.05) is 0 Å². The summed E-state index contributed by atoms with van der Waals surface area (Å²) in [5, 5.41) is 9.56. The summed E-state index contributed by atoms with van der Waals surface area (Å²) in [6, 6.07) is 8.95. The predicted octanol–water partition coefficient (Wildman–Crippen LogP) is 2.11. The van der Waals surface area contributed by atoms with Gasteiger partial charge in [0, 0.05) is 0 Å². The molecule has 2 fully saturated rings. The summed E-state index contributed by atoms with van der Waals surface area (Å²) >= 11 is 0. The zero-order valence-corrected chi connectivity index (χ0v) is 10.8. The molecule has 0 atom stereocenters. The van der Waals surface area contributed by atoms with Crippen LogP contribution in [0, 0.1) is 30.6 Å². The quantitative estimate of drug-likeness (QED) is 0.799. The van der Waals surface area contributed by atoms with Crippen molar-refractivity contribution in [2.45, 2.75) is 19.3 Å². The second kappa shape index (κ2) is 3.81. The SMILES string of the molecule is Cc1ccc(C2(C3(C#N)COC3)COC2)c(C)c1. The zero-order valence-electron chi connectivity index (χ0n) is 10.8. The number of nitriles is 1. The Balaban J connectivity index is 2.09. The van der Waals surface area contributed by atoms with Gasteiger partial charge >= 0.3 is 0 Å². The summed E-state index contributed by atoms with van der Waals surface area (Å²) in [6.07, 6.45) is 0. The van der Waals surface area contributed by atoms with E-state index in [1.165, 1.54) is 16.7 Å². The van der Waals surface area contributed by atoms with Gasteiger partial charge in [-0.25, -0.2) is 0 Å². The van der Waals surface area contributed by atoms with Gasteiger partial charge in [-0.3, -0.25) is 0 Å². The van der Waals surface area contributed by atoms with E-state index in [2.05, 4.69) is 38.1 Å². The molecule has 0 amide bonds. The molecule has 3 nitrogen and oxygen atoms in total. The van der Waals surface area contributed by atoms with Gasteiger partial charge in [-0.2, -0.15) is 5.26 Å². The maximum atomic E-state index is 9.56. The van der Waals surface area contributed by atoms with Gasteiger partial charge in [0.25, 0.3) is 0 Å². The Kier molecular flexibility index (Phi) is 2.48. The molecule has 2 aliphatic rings. The van der Waals surface area contributed by atoms with Crippen LogP contribution in [-0.4, -0.2) is 26.4 Å². The molecule has 3 heteroatoms. The average molecular weight is 243 g/mol. The van der Waals surface area contributed by atoms with Gasteiger partial charge in [0.05, 0.1) is 37.9 Å². The van der Waals surface area contributed by atoms with Crippen LogP contribution in [0.5, 0.6) is 0 Å². The Morgan fingerprint density at radius 2 is 1.78 bits per heavy atom. The molecule has 0 aliphatic carbocycles. The Morgan fingerprint density at radius 1 is 1.11 bits per heavy atom. The van der Waals surface area contributed by atoms with E-state index < -0.39 is 5.41 Å². The minimum Gasteiger partial charge on any atom is -0.379 e. The van der Waals surface area contributed by atoms with Crippen molar-refractivity contribution in [3.8, 4) is 6.07 Å². The fourth-order valence-corrected chi connectivity index (χ4v) is 3.10. The lowest BCUT2D eigenvalue weighted by Crippen LogP contribution is -2.66. The van der Waals surface area contributed by atoms with Gasteiger partial charge in [-0.1, -0.05) is 23.8 Å². The molecule has 1 aromatic carbocycles. The van der Waals surface area contributed by atoms with Gasteiger partial charge in [0.15, 0.2) is 0 Å². The molecule has 0 saturated carbocycles. The lowest BCUT2D eigenvalue weighted by Gasteiger charge is -2.56. The normalized spacial score (nSPS) is 23.6. The minimum atomic E-state index is -0.398. The van der Waals surface area contributed by atoms with Crippen molar-refractivity contribution in [2.24, 2.45) is 5.41 Å². The van der Waals surface area contributed by atoms with Crippen LogP contribution >= 0.6 is 0 Å². The monoisotopic (exact) mass is 243 g/mol. The highest BCUT2D eigenvalue weighted by Gasteiger charge is 2.62. The molecule has 3 rings (SSSR count). The summed E-state index contributed by atoms with van der Waals surface area (Å²) in [5.74, 6) is 0. The zero-order chi connectivity index (χ0) is 12.8. The Bertz CT molecular complexity index is 522. The summed E-state index contributed by atoms with van der Waals surface area (Å²) in [5.41, 5.74) is 3.19. The first-order chi connectivity index (χ1) is 8.63. The summed E-state index contributed by atoms with van der Waals surface area (Å²) in [7, 11) is 0.